The van der Waals surface area contributed by atoms with E-state index < -0.39 is 11.4 Å². The Balaban J connectivity index is 0.000000352. The molecule has 424 valence electrons. The van der Waals surface area contributed by atoms with Crippen LogP contribution in [-0.2, 0) is 10.8 Å². The number of hydrogen-bond acceptors (Lipinski definition) is 11. The van der Waals surface area contributed by atoms with Gasteiger partial charge in [0.2, 0.25) is 0 Å². The van der Waals surface area contributed by atoms with Gasteiger partial charge in [0, 0.05) is 76.4 Å². The van der Waals surface area contributed by atoms with E-state index >= 15 is 0 Å². The normalized spacial score (nSPS) is 10.9. The van der Waals surface area contributed by atoms with Crippen LogP contribution in [0.4, 0.5) is 0 Å². The zero-order chi connectivity index (χ0) is 58.2. The second-order valence-corrected chi connectivity index (χ2v) is 45.2. The maximum absolute atomic E-state index is 5.53. The van der Waals surface area contributed by atoms with Gasteiger partial charge in [-0.3, -0.25) is 0 Å². The van der Waals surface area contributed by atoms with Crippen molar-refractivity contribution in [1.29, 1.82) is 0 Å². The van der Waals surface area contributed by atoms with Gasteiger partial charge in [-0.05, 0) is 249 Å². The molecule has 0 amide bonds. The molecule has 0 atom stereocenters. The van der Waals surface area contributed by atoms with E-state index in [9.17, 15) is 0 Å². The molecule has 0 aliphatic rings. The SMILES string of the molecule is Brc1cc(-c2cccs2)sc1-c1cccs1.Brc1cc(-c2cccs2)sc1-c1cccs1.Brc1cc(Br)c(Br)s1.Brc1cccs1.CC(C)(C)Cl.CC(C)(C)c1ccc(-c2cc(Br)c(-c3ccc(C(C)(C)C)s3)s2)s1.[Cl][Al]([Cl])[Cl].[H-].[H-].[Mg+2]. The third kappa shape index (κ3) is 26.2. The average molecular weight is 1830 g/mol. The van der Waals surface area contributed by atoms with Crippen LogP contribution in [0.15, 0.2) is 165 Å². The van der Waals surface area contributed by atoms with Crippen molar-refractivity contribution in [3.05, 3.63) is 175 Å². The quantitative estimate of drug-likeness (QED) is 0.115. The van der Waals surface area contributed by atoms with Crippen LogP contribution in [0.1, 0.15) is 74.9 Å². The Morgan fingerprint density at radius 2 is 0.688 bits per heavy atom. The van der Waals surface area contributed by atoms with Crippen molar-refractivity contribution in [3.8, 4) is 58.5 Å². The Bertz CT molecular complexity index is 3320. The second-order valence-electron chi connectivity index (χ2n) is 19.0. The minimum Gasteiger partial charge on any atom is -1.00 e. The van der Waals surface area contributed by atoms with Crippen molar-refractivity contribution in [2.24, 2.45) is 0 Å². The number of thiophene rings is 11. The van der Waals surface area contributed by atoms with Crippen molar-refractivity contribution in [1.82, 2.24) is 0 Å². The van der Waals surface area contributed by atoms with E-state index in [0.717, 1.165) is 12.0 Å². The summed E-state index contributed by atoms with van der Waals surface area (Å²) in [6.45, 7) is 19.5. The van der Waals surface area contributed by atoms with Crippen molar-refractivity contribution in [2.45, 2.75) is 78.0 Å². The molecule has 0 unspecified atom stereocenters. The summed E-state index contributed by atoms with van der Waals surface area (Å²) in [5, 5.41) is 10.5. The minimum absolute atomic E-state index is 0. The molecular formula is C56H52AlBr7Cl4MgS11. The van der Waals surface area contributed by atoms with Gasteiger partial charge in [0.25, 0.3) is 0 Å². The summed E-state index contributed by atoms with van der Waals surface area (Å²) < 4.78 is 8.17. The van der Waals surface area contributed by atoms with Crippen molar-refractivity contribution >= 4 is 312 Å². The summed E-state index contributed by atoms with van der Waals surface area (Å²) in [6, 6.07) is 38.9. The third-order valence-corrected chi connectivity index (χ3v) is 28.3. The maximum atomic E-state index is 5.53. The Labute approximate surface area is 616 Å². The van der Waals surface area contributed by atoms with Crippen LogP contribution < -0.4 is 0 Å². The Hall–Kier alpha value is 2.52. The Morgan fingerprint density at radius 1 is 0.362 bits per heavy atom. The predicted octanol–water partition coefficient (Wildman–Crippen LogP) is 30.6. The molecule has 0 fully saturated rings. The Morgan fingerprint density at radius 3 is 0.950 bits per heavy atom. The molecule has 0 nitrogen and oxygen atoms in total. The van der Waals surface area contributed by atoms with Crippen molar-refractivity contribution < 1.29 is 2.85 Å². The first-order chi connectivity index (χ1) is 37.1. The molecule has 0 aliphatic carbocycles. The molecule has 80 heavy (non-hydrogen) atoms. The largest absolute Gasteiger partial charge is 2.00 e. The number of rotatable bonds is 6. The van der Waals surface area contributed by atoms with Crippen LogP contribution in [-0.4, -0.2) is 39.3 Å². The maximum Gasteiger partial charge on any atom is 2.00 e. The van der Waals surface area contributed by atoms with Gasteiger partial charge in [0.05, 0.1) is 26.0 Å². The van der Waals surface area contributed by atoms with Crippen LogP contribution in [0.2, 0.25) is 0 Å². The molecule has 11 aromatic rings. The molecule has 0 saturated carbocycles. The standard InChI is InChI=1S/C20H23BrS3.2C12H7BrS3.C4HBr3S.C4H3BrS.C4H9Cl.Al.3ClH.Mg.2H/c1-19(2,3)16-9-7-13(22-16)15-11-12(21)18(24-15)14-8-10-17(23-14)20(4,5)6;2*13-8-7-11(9-3-1-5-14-9)16-12(8)10-4-2-6-15-10;5-2-1-3(6)8-4(2)7;5-4-2-1-3-6-4;1-4(2,3)5;;;;;;;/h7-11H,1-6H3;2*1-7H;1H;1-3H;1-3H3;;3*1H;;;/q;;;;;;+3;;;;+2;2*-1/p-3. The van der Waals surface area contributed by atoms with E-state index in [1.807, 2.05) is 101 Å². The van der Waals surface area contributed by atoms with Crippen LogP contribution in [0.25, 0.3) is 58.5 Å². The fourth-order valence-electron chi connectivity index (χ4n) is 5.94. The minimum atomic E-state index is -1.72. The van der Waals surface area contributed by atoms with Crippen molar-refractivity contribution in [3.63, 3.8) is 0 Å². The molecule has 0 N–H and O–H groups in total. The average Bonchev–Trinajstić information content (AvgIpc) is 4.22. The molecule has 0 aromatic carbocycles. The van der Waals surface area contributed by atoms with Crippen LogP contribution in [0, 0.1) is 0 Å². The van der Waals surface area contributed by atoms with Crippen LogP contribution >= 0.6 is 278 Å². The number of alkyl halides is 1. The van der Waals surface area contributed by atoms with Gasteiger partial charge in [0.15, 0.2) is 0 Å². The van der Waals surface area contributed by atoms with Gasteiger partial charge in [-0.15, -0.1) is 136 Å². The molecule has 0 saturated heterocycles. The summed E-state index contributed by atoms with van der Waals surface area (Å²) in [6.07, 6.45) is 0. The molecule has 0 spiro atoms. The van der Waals surface area contributed by atoms with Crippen molar-refractivity contribution in [2.75, 3.05) is 0 Å². The van der Waals surface area contributed by atoms with E-state index in [1.165, 1.54) is 85.5 Å². The zero-order valence-electron chi connectivity index (χ0n) is 46.2. The first-order valence-corrected chi connectivity index (χ1v) is 43.7. The first kappa shape index (κ1) is 75.0. The molecule has 0 bridgehead atoms. The van der Waals surface area contributed by atoms with E-state index in [0.29, 0.717) is 0 Å². The first-order valence-electron chi connectivity index (χ1n) is 23.2. The zero-order valence-corrected chi connectivity index (χ0v) is 69.9. The number of hydrogen-bond donors (Lipinski definition) is 0. The van der Waals surface area contributed by atoms with E-state index in [4.69, 9.17) is 41.7 Å². The van der Waals surface area contributed by atoms with Crippen LogP contribution in [0.3, 0.4) is 0 Å². The van der Waals surface area contributed by atoms with Gasteiger partial charge < -0.3 is 2.85 Å². The fraction of sp³-hybridized carbons (Fsp3) is 0.214. The summed E-state index contributed by atoms with van der Waals surface area (Å²) in [5.41, 5.74) is 0.431. The van der Waals surface area contributed by atoms with Crippen LogP contribution in [0.5, 0.6) is 0 Å². The van der Waals surface area contributed by atoms with Gasteiger partial charge in [-0.2, -0.15) is 0 Å². The predicted molar refractivity (Wildman–Crippen MR) is 410 cm³/mol. The third-order valence-electron chi connectivity index (χ3n) is 9.34. The summed E-state index contributed by atoms with van der Waals surface area (Å²) in [4.78, 5) is 19.0. The molecular weight excluding hydrogens is 1780 g/mol. The smallest absolute Gasteiger partial charge is 1.00 e. The van der Waals surface area contributed by atoms with Gasteiger partial charge >= 0.3 is 34.4 Å². The summed E-state index contributed by atoms with van der Waals surface area (Å²) in [5.74, 6) is 0. The monoisotopic (exact) mass is 1820 g/mol. The molecule has 11 heterocycles. The van der Waals surface area contributed by atoms with Gasteiger partial charge in [-0.25, -0.2) is 30.1 Å². The van der Waals surface area contributed by atoms with E-state index in [2.05, 4.69) is 266 Å². The molecule has 11 aromatic heterocycles. The van der Waals surface area contributed by atoms with E-state index in [-0.39, 0.29) is 41.6 Å². The number of halogens is 11. The second kappa shape index (κ2) is 36.4. The van der Waals surface area contributed by atoms with E-state index in [1.54, 1.807) is 68.0 Å². The molecule has 11 rings (SSSR count). The summed E-state index contributed by atoms with van der Waals surface area (Å²) >= 11 is 48.1. The molecule has 0 radical (unpaired) electrons. The molecule has 0 aliphatic heterocycles. The molecule has 24 heteroatoms. The van der Waals surface area contributed by atoms with Gasteiger partial charge in [0.1, 0.15) is 0 Å². The fourth-order valence-corrected chi connectivity index (χ4v) is 22.1. The topological polar surface area (TPSA) is 0 Å². The Kier molecular flexibility index (Phi) is 34.1. The van der Waals surface area contributed by atoms with Gasteiger partial charge in [-0.1, -0.05) is 71.9 Å². The summed E-state index contributed by atoms with van der Waals surface area (Å²) in [7, 11) is 14.8.